The maximum Gasteiger partial charge on any atom is 0.233 e. The van der Waals surface area contributed by atoms with Crippen LogP contribution in [0.1, 0.15) is 12.8 Å². The number of para-hydroxylation sites is 1. The molecule has 0 atom stereocenters. The van der Waals surface area contributed by atoms with E-state index in [1.54, 1.807) is 7.11 Å². The number of piperidine rings is 1. The molecule has 3 aromatic rings. The number of fused-ring (bicyclic) bond motifs is 3. The van der Waals surface area contributed by atoms with E-state index in [-0.39, 0.29) is 18.3 Å². The van der Waals surface area contributed by atoms with E-state index in [1.807, 2.05) is 42.5 Å². The maximum absolute atomic E-state index is 12.9. The molecule has 1 saturated heterocycles. The minimum atomic E-state index is -0.469. The van der Waals surface area contributed by atoms with Crippen LogP contribution in [-0.4, -0.2) is 32.7 Å². The summed E-state index contributed by atoms with van der Waals surface area (Å²) in [7, 11) is 1.65. The van der Waals surface area contributed by atoms with Gasteiger partial charge in [0.05, 0.1) is 12.0 Å². The van der Waals surface area contributed by atoms with Gasteiger partial charge in [-0.3, -0.25) is 4.79 Å². The van der Waals surface area contributed by atoms with Gasteiger partial charge in [-0.2, -0.15) is 0 Å². The second-order valence-corrected chi connectivity index (χ2v) is 6.73. The van der Waals surface area contributed by atoms with E-state index in [0.717, 1.165) is 53.6 Å². The number of hydrogen-bond donors (Lipinski definition) is 2. The average Bonchev–Trinajstić information content (AvgIpc) is 3.00. The normalized spacial score (nSPS) is 16.3. The van der Waals surface area contributed by atoms with Crippen molar-refractivity contribution in [3.8, 4) is 0 Å². The Morgan fingerprint density at radius 2 is 1.88 bits per heavy atom. The van der Waals surface area contributed by atoms with E-state index in [2.05, 4.69) is 10.6 Å². The fourth-order valence-electron chi connectivity index (χ4n) is 3.69. The average molecular weight is 375 g/mol. The van der Waals surface area contributed by atoms with E-state index in [0.29, 0.717) is 6.61 Å². The molecule has 1 aliphatic heterocycles. The molecule has 0 aliphatic carbocycles. The molecule has 1 aliphatic rings. The quantitative estimate of drug-likeness (QED) is 0.725. The first-order valence-electron chi connectivity index (χ1n) is 8.64. The largest absolute Gasteiger partial charge is 0.456 e. The van der Waals surface area contributed by atoms with Crippen LogP contribution in [-0.2, 0) is 9.53 Å². The number of amides is 1. The molecule has 5 nitrogen and oxygen atoms in total. The molecule has 0 radical (unpaired) electrons. The number of rotatable bonds is 4. The first kappa shape index (κ1) is 18.7. The van der Waals surface area contributed by atoms with Crippen molar-refractivity contribution in [2.24, 2.45) is 5.41 Å². The van der Waals surface area contributed by atoms with Gasteiger partial charge in [0.1, 0.15) is 11.2 Å². The fraction of sp³-hybridized carbons (Fsp3) is 0.350. The molecule has 0 saturated carbocycles. The summed E-state index contributed by atoms with van der Waals surface area (Å²) >= 11 is 0. The van der Waals surface area contributed by atoms with Crippen LogP contribution in [0, 0.1) is 5.41 Å². The third kappa shape index (κ3) is 3.30. The topological polar surface area (TPSA) is 63.5 Å². The number of halogens is 1. The molecule has 2 aromatic carbocycles. The van der Waals surface area contributed by atoms with Crippen LogP contribution in [0.25, 0.3) is 21.9 Å². The number of furan rings is 1. The Bertz CT molecular complexity index is 910. The smallest absolute Gasteiger partial charge is 0.233 e. The Kier molecular flexibility index (Phi) is 5.51. The first-order chi connectivity index (χ1) is 12.2. The van der Waals surface area contributed by atoms with Crippen molar-refractivity contribution in [2.75, 3.05) is 32.1 Å². The van der Waals surface area contributed by atoms with Crippen molar-refractivity contribution >= 4 is 45.9 Å². The van der Waals surface area contributed by atoms with E-state index in [1.165, 1.54) is 0 Å². The predicted molar refractivity (Wildman–Crippen MR) is 106 cm³/mol. The summed E-state index contributed by atoms with van der Waals surface area (Å²) in [5.74, 6) is 0.0197. The summed E-state index contributed by atoms with van der Waals surface area (Å²) in [6, 6.07) is 13.8. The highest BCUT2D eigenvalue weighted by molar-refractivity contribution is 6.06. The van der Waals surface area contributed by atoms with E-state index in [4.69, 9.17) is 9.15 Å². The lowest BCUT2D eigenvalue weighted by molar-refractivity contribution is -0.130. The number of carbonyl (C=O) groups is 1. The van der Waals surface area contributed by atoms with Crippen LogP contribution >= 0.6 is 12.4 Å². The van der Waals surface area contributed by atoms with Crippen LogP contribution in [0.3, 0.4) is 0 Å². The molecule has 6 heteroatoms. The molecule has 1 aromatic heterocycles. The van der Waals surface area contributed by atoms with Gasteiger partial charge in [-0.25, -0.2) is 0 Å². The van der Waals surface area contributed by atoms with E-state index in [9.17, 15) is 4.79 Å². The minimum Gasteiger partial charge on any atom is -0.456 e. The second-order valence-electron chi connectivity index (χ2n) is 6.73. The van der Waals surface area contributed by atoms with Crippen molar-refractivity contribution in [3.63, 3.8) is 0 Å². The van der Waals surface area contributed by atoms with Crippen LogP contribution in [0.4, 0.5) is 5.69 Å². The van der Waals surface area contributed by atoms with Crippen LogP contribution < -0.4 is 10.6 Å². The Morgan fingerprint density at radius 3 is 2.65 bits per heavy atom. The summed E-state index contributed by atoms with van der Waals surface area (Å²) in [5.41, 5.74) is 1.92. The lowest BCUT2D eigenvalue weighted by atomic mass is 9.78. The predicted octanol–water partition coefficient (Wildman–Crippen LogP) is 3.96. The Morgan fingerprint density at radius 1 is 1.15 bits per heavy atom. The number of nitrogens with one attached hydrogen (secondary N) is 2. The van der Waals surface area contributed by atoms with Gasteiger partial charge in [0.25, 0.3) is 0 Å². The zero-order valence-corrected chi connectivity index (χ0v) is 15.5. The zero-order valence-electron chi connectivity index (χ0n) is 14.7. The molecular formula is C20H23ClN2O3. The van der Waals surface area contributed by atoms with Gasteiger partial charge < -0.3 is 19.8 Å². The number of anilines is 1. The molecule has 2 heterocycles. The van der Waals surface area contributed by atoms with Gasteiger partial charge in [0, 0.05) is 29.6 Å². The fourth-order valence-corrected chi connectivity index (χ4v) is 3.69. The van der Waals surface area contributed by atoms with Crippen LogP contribution in [0.15, 0.2) is 46.9 Å². The summed E-state index contributed by atoms with van der Waals surface area (Å²) in [4.78, 5) is 12.9. The van der Waals surface area contributed by atoms with E-state index >= 15 is 0 Å². The van der Waals surface area contributed by atoms with Gasteiger partial charge in [-0.05, 0) is 44.1 Å². The standard InChI is InChI=1S/C20H22N2O3.ClH/c1-24-13-20(8-10-21-11-9-20)19(23)22-14-6-7-16-15-4-2-3-5-17(15)25-18(16)12-14;/h2-7,12,21H,8-11,13H2,1H3,(H,22,23);1H. The third-order valence-electron chi connectivity index (χ3n) is 5.10. The lowest BCUT2D eigenvalue weighted by Gasteiger charge is -2.35. The van der Waals surface area contributed by atoms with Crippen molar-refractivity contribution in [1.29, 1.82) is 0 Å². The molecule has 0 bridgehead atoms. The molecule has 138 valence electrons. The van der Waals surface area contributed by atoms with Gasteiger partial charge in [-0.1, -0.05) is 18.2 Å². The molecule has 26 heavy (non-hydrogen) atoms. The first-order valence-corrected chi connectivity index (χ1v) is 8.64. The molecule has 1 fully saturated rings. The highest BCUT2D eigenvalue weighted by atomic mass is 35.5. The SMILES string of the molecule is COCC1(C(=O)Nc2ccc3c(c2)oc2ccccc23)CCNCC1.Cl. The molecule has 1 amide bonds. The van der Waals surface area contributed by atoms with Gasteiger partial charge in [0.2, 0.25) is 5.91 Å². The number of ether oxygens (including phenoxy) is 1. The monoisotopic (exact) mass is 374 g/mol. The molecule has 0 spiro atoms. The van der Waals surface area contributed by atoms with Crippen molar-refractivity contribution in [2.45, 2.75) is 12.8 Å². The highest BCUT2D eigenvalue weighted by Crippen LogP contribution is 2.33. The van der Waals surface area contributed by atoms with Crippen molar-refractivity contribution in [1.82, 2.24) is 5.32 Å². The number of carbonyl (C=O) groups excluding carboxylic acids is 1. The summed E-state index contributed by atoms with van der Waals surface area (Å²) in [6.45, 7) is 2.10. The van der Waals surface area contributed by atoms with Gasteiger partial charge in [-0.15, -0.1) is 12.4 Å². The van der Waals surface area contributed by atoms with Gasteiger partial charge >= 0.3 is 0 Å². The second kappa shape index (κ2) is 7.66. The number of methoxy groups -OCH3 is 1. The van der Waals surface area contributed by atoms with E-state index < -0.39 is 5.41 Å². The number of benzene rings is 2. The molecule has 0 unspecified atom stereocenters. The maximum atomic E-state index is 12.9. The van der Waals surface area contributed by atoms with Crippen molar-refractivity contribution in [3.05, 3.63) is 42.5 Å². The Balaban J connectivity index is 0.00000196. The molecule has 2 N–H and O–H groups in total. The Hall–Kier alpha value is -2.08. The summed E-state index contributed by atoms with van der Waals surface area (Å²) in [5, 5.41) is 8.52. The summed E-state index contributed by atoms with van der Waals surface area (Å²) < 4.78 is 11.3. The lowest BCUT2D eigenvalue weighted by Crippen LogP contribution is -2.47. The summed E-state index contributed by atoms with van der Waals surface area (Å²) in [6.07, 6.45) is 1.55. The third-order valence-corrected chi connectivity index (χ3v) is 5.10. The highest BCUT2D eigenvalue weighted by Gasteiger charge is 2.39. The van der Waals surface area contributed by atoms with Crippen LogP contribution in [0.5, 0.6) is 0 Å². The Labute approximate surface area is 158 Å². The zero-order chi connectivity index (χ0) is 17.3. The van der Waals surface area contributed by atoms with Crippen molar-refractivity contribution < 1.29 is 13.9 Å². The minimum absolute atomic E-state index is 0. The molecule has 4 rings (SSSR count). The molecular weight excluding hydrogens is 352 g/mol. The van der Waals surface area contributed by atoms with Gasteiger partial charge in [0.15, 0.2) is 0 Å². The van der Waals surface area contributed by atoms with Crippen LogP contribution in [0.2, 0.25) is 0 Å². The number of hydrogen-bond acceptors (Lipinski definition) is 4.